The van der Waals surface area contributed by atoms with E-state index in [0.717, 1.165) is 0 Å². The van der Waals surface area contributed by atoms with Gasteiger partial charge in [-0.05, 0) is 19.1 Å². The van der Waals surface area contributed by atoms with Crippen molar-refractivity contribution in [3.05, 3.63) is 47.0 Å². The lowest BCUT2D eigenvalue weighted by molar-refractivity contribution is -0.220. The van der Waals surface area contributed by atoms with Gasteiger partial charge in [0.2, 0.25) is 5.82 Å². The molecular weight excluding hydrogens is 405 g/mol. The smallest absolute Gasteiger partial charge is 0.420 e. The van der Waals surface area contributed by atoms with Crippen molar-refractivity contribution in [1.82, 2.24) is 15.3 Å². The van der Waals surface area contributed by atoms with Crippen LogP contribution in [-0.4, -0.2) is 47.7 Å². The molecule has 0 bridgehead atoms. The summed E-state index contributed by atoms with van der Waals surface area (Å²) in [4.78, 5) is 34.5. The average molecular weight is 422 g/mol. The summed E-state index contributed by atoms with van der Waals surface area (Å²) in [6.45, 7) is 1.04. The predicted molar refractivity (Wildman–Crippen MR) is 97.0 cm³/mol. The largest absolute Gasteiger partial charge is 0.489 e. The molecular formula is C19H17F3N4O4. The molecule has 0 aliphatic carbocycles. The number of aryl methyl sites for hydroxylation is 1. The van der Waals surface area contributed by atoms with Crippen LogP contribution in [0.1, 0.15) is 33.7 Å². The van der Waals surface area contributed by atoms with Crippen LogP contribution in [0, 0.1) is 6.92 Å². The van der Waals surface area contributed by atoms with Crippen molar-refractivity contribution >= 4 is 17.5 Å². The van der Waals surface area contributed by atoms with Crippen LogP contribution in [0.4, 0.5) is 18.9 Å². The van der Waals surface area contributed by atoms with Gasteiger partial charge in [-0.3, -0.25) is 9.59 Å². The number of carbonyl (C=O) groups excluding carboxylic acids is 2. The highest BCUT2D eigenvalue weighted by Crippen LogP contribution is 2.42. The van der Waals surface area contributed by atoms with E-state index in [1.54, 1.807) is 24.3 Å². The van der Waals surface area contributed by atoms with Gasteiger partial charge in [0.15, 0.2) is 6.10 Å². The van der Waals surface area contributed by atoms with Gasteiger partial charge in [-0.2, -0.15) is 13.2 Å². The summed E-state index contributed by atoms with van der Waals surface area (Å²) in [5.74, 6) is -1.32. The number of carbonyl (C=O) groups is 2. The SMILES string of the molecule is Cc1nc(C(=O)N[C@H]2COc3ccccc3N(C)C2=O)nc2c1COC2C(F)(F)F. The second-order valence-corrected chi connectivity index (χ2v) is 6.93. The van der Waals surface area contributed by atoms with Crippen LogP contribution >= 0.6 is 0 Å². The molecule has 0 spiro atoms. The molecule has 2 aliphatic rings. The van der Waals surface area contributed by atoms with Crippen molar-refractivity contribution < 1.29 is 32.2 Å². The molecule has 11 heteroatoms. The maximum atomic E-state index is 13.2. The fraction of sp³-hybridized carbons (Fsp3) is 0.368. The van der Waals surface area contributed by atoms with Crippen LogP contribution in [0.25, 0.3) is 0 Å². The summed E-state index contributed by atoms with van der Waals surface area (Å²) >= 11 is 0. The lowest BCUT2D eigenvalue weighted by Gasteiger charge is -2.20. The molecule has 30 heavy (non-hydrogen) atoms. The molecule has 2 atom stereocenters. The summed E-state index contributed by atoms with van der Waals surface area (Å²) in [6.07, 6.45) is -6.89. The van der Waals surface area contributed by atoms with Crippen molar-refractivity contribution in [3.63, 3.8) is 0 Å². The first kappa shape index (κ1) is 20.1. The predicted octanol–water partition coefficient (Wildman–Crippen LogP) is 2.07. The Balaban J connectivity index is 1.58. The van der Waals surface area contributed by atoms with Crippen LogP contribution in [-0.2, 0) is 16.1 Å². The standard InChI is InChI=1S/C19H17F3N4O4/c1-9-10-7-30-15(19(20,21)22)14(10)25-16(23-9)17(27)24-11-8-29-13-6-4-3-5-12(13)26(2)18(11)28/h3-6,11,15H,7-8H2,1-2H3,(H,24,27)/t11-,15?/m0/s1. The number of alkyl halides is 3. The van der Waals surface area contributed by atoms with Crippen LogP contribution in [0.15, 0.2) is 24.3 Å². The Morgan fingerprint density at radius 3 is 2.73 bits per heavy atom. The Kier molecular flexibility index (Phi) is 4.85. The molecule has 4 rings (SSSR count). The maximum Gasteiger partial charge on any atom is 0.420 e. The number of para-hydroxylation sites is 2. The quantitative estimate of drug-likeness (QED) is 0.797. The molecule has 8 nitrogen and oxygen atoms in total. The van der Waals surface area contributed by atoms with E-state index in [4.69, 9.17) is 9.47 Å². The number of fused-ring (bicyclic) bond motifs is 2. The molecule has 0 saturated heterocycles. The Bertz CT molecular complexity index is 1030. The molecule has 0 saturated carbocycles. The maximum absolute atomic E-state index is 13.2. The van der Waals surface area contributed by atoms with Crippen LogP contribution in [0.2, 0.25) is 0 Å². The number of benzene rings is 1. The zero-order chi connectivity index (χ0) is 21.6. The fourth-order valence-corrected chi connectivity index (χ4v) is 3.39. The Labute approximate surface area is 169 Å². The van der Waals surface area contributed by atoms with Gasteiger partial charge in [-0.15, -0.1) is 0 Å². The van der Waals surface area contributed by atoms with E-state index in [-0.39, 0.29) is 30.2 Å². The van der Waals surface area contributed by atoms with E-state index in [9.17, 15) is 22.8 Å². The average Bonchev–Trinajstić information content (AvgIpc) is 3.11. The molecule has 3 heterocycles. The number of anilines is 1. The van der Waals surface area contributed by atoms with Gasteiger partial charge in [0, 0.05) is 18.3 Å². The number of aromatic nitrogens is 2. The van der Waals surface area contributed by atoms with E-state index in [0.29, 0.717) is 11.4 Å². The van der Waals surface area contributed by atoms with Gasteiger partial charge in [-0.25, -0.2) is 9.97 Å². The van der Waals surface area contributed by atoms with Crippen LogP contribution in [0.3, 0.4) is 0 Å². The second kappa shape index (κ2) is 7.24. The summed E-state index contributed by atoms with van der Waals surface area (Å²) in [7, 11) is 1.54. The first-order chi connectivity index (χ1) is 14.2. The molecule has 1 N–H and O–H groups in total. The highest BCUT2D eigenvalue weighted by Gasteiger charge is 2.48. The number of rotatable bonds is 2. The van der Waals surface area contributed by atoms with E-state index in [1.807, 2.05) is 0 Å². The second-order valence-electron chi connectivity index (χ2n) is 6.93. The van der Waals surface area contributed by atoms with Gasteiger partial charge >= 0.3 is 6.18 Å². The van der Waals surface area contributed by atoms with E-state index >= 15 is 0 Å². The third-order valence-corrected chi connectivity index (χ3v) is 4.96. The summed E-state index contributed by atoms with van der Waals surface area (Å²) in [5, 5.41) is 2.46. The number of nitrogens with one attached hydrogen (secondary N) is 1. The van der Waals surface area contributed by atoms with Crippen LogP contribution < -0.4 is 15.0 Å². The molecule has 1 aromatic heterocycles. The minimum Gasteiger partial charge on any atom is -0.489 e. The number of hydrogen-bond donors (Lipinski definition) is 1. The lowest BCUT2D eigenvalue weighted by atomic mass is 10.1. The minimum atomic E-state index is -4.67. The molecule has 1 unspecified atom stereocenters. The third kappa shape index (κ3) is 3.45. The molecule has 2 aromatic rings. The third-order valence-electron chi connectivity index (χ3n) is 4.96. The van der Waals surface area contributed by atoms with Gasteiger partial charge < -0.3 is 19.7 Å². The summed E-state index contributed by atoms with van der Waals surface area (Å²) < 4.78 is 50.0. The zero-order valence-corrected chi connectivity index (χ0v) is 16.0. The van der Waals surface area contributed by atoms with Gasteiger partial charge in [0.05, 0.1) is 18.0 Å². The minimum absolute atomic E-state index is 0.149. The van der Waals surface area contributed by atoms with E-state index in [2.05, 4.69) is 15.3 Å². The number of nitrogens with zero attached hydrogens (tertiary/aromatic N) is 3. The molecule has 2 amide bonds. The number of ether oxygens (including phenoxy) is 2. The van der Waals surface area contributed by atoms with Crippen molar-refractivity contribution in [2.24, 2.45) is 0 Å². The van der Waals surface area contributed by atoms with E-state index in [1.165, 1.54) is 18.9 Å². The highest BCUT2D eigenvalue weighted by atomic mass is 19.4. The van der Waals surface area contributed by atoms with Crippen molar-refractivity contribution in [2.75, 3.05) is 18.6 Å². The van der Waals surface area contributed by atoms with Crippen molar-refractivity contribution in [1.29, 1.82) is 0 Å². The van der Waals surface area contributed by atoms with Crippen molar-refractivity contribution in [3.8, 4) is 5.75 Å². The van der Waals surface area contributed by atoms with Gasteiger partial charge in [-0.1, -0.05) is 12.1 Å². The molecule has 158 valence electrons. The normalized spacial score (nSPS) is 20.8. The topological polar surface area (TPSA) is 93.7 Å². The summed E-state index contributed by atoms with van der Waals surface area (Å²) in [6, 6.07) is 5.80. The Morgan fingerprint density at radius 2 is 2.00 bits per heavy atom. The van der Waals surface area contributed by atoms with Crippen LogP contribution in [0.5, 0.6) is 5.75 Å². The Morgan fingerprint density at radius 1 is 1.27 bits per heavy atom. The number of amides is 2. The van der Waals surface area contributed by atoms with Crippen molar-refractivity contribution in [2.45, 2.75) is 31.9 Å². The van der Waals surface area contributed by atoms with E-state index < -0.39 is 36.0 Å². The number of likely N-dealkylation sites (N-methyl/N-ethyl adjacent to an activating group) is 1. The van der Waals surface area contributed by atoms with Gasteiger partial charge in [0.1, 0.15) is 18.4 Å². The first-order valence-corrected chi connectivity index (χ1v) is 9.03. The first-order valence-electron chi connectivity index (χ1n) is 9.03. The molecule has 0 radical (unpaired) electrons. The number of hydrogen-bond acceptors (Lipinski definition) is 6. The fourth-order valence-electron chi connectivity index (χ4n) is 3.39. The van der Waals surface area contributed by atoms with Gasteiger partial charge in [0.25, 0.3) is 11.8 Å². The highest BCUT2D eigenvalue weighted by molar-refractivity contribution is 6.02. The summed E-state index contributed by atoms with van der Waals surface area (Å²) in [5.41, 5.74) is 0.574. The molecule has 1 aromatic carbocycles. The molecule has 0 fully saturated rings. The monoisotopic (exact) mass is 422 g/mol. The zero-order valence-electron chi connectivity index (χ0n) is 16.0. The number of halogens is 3. The molecule has 2 aliphatic heterocycles. The lowest BCUT2D eigenvalue weighted by Crippen LogP contribution is -2.49. The Hall–Kier alpha value is -3.21.